The van der Waals surface area contributed by atoms with Crippen molar-refractivity contribution in [1.29, 1.82) is 0 Å². The summed E-state index contributed by atoms with van der Waals surface area (Å²) in [4.78, 5) is 12.5. The van der Waals surface area contributed by atoms with Crippen LogP contribution in [-0.2, 0) is 11.8 Å². The summed E-state index contributed by atoms with van der Waals surface area (Å²) in [6.45, 7) is 4.29. The summed E-state index contributed by atoms with van der Waals surface area (Å²) < 4.78 is 7.26. The first-order valence-corrected chi connectivity index (χ1v) is 8.92. The maximum absolute atomic E-state index is 5.50. The highest BCUT2D eigenvalue weighted by atomic mass is 32.1. The third-order valence-corrected chi connectivity index (χ3v) is 5.32. The molecule has 1 aliphatic heterocycles. The first kappa shape index (κ1) is 15.5. The third-order valence-electron chi connectivity index (χ3n) is 4.35. The summed E-state index contributed by atoms with van der Waals surface area (Å²) in [6, 6.07) is 4.62. The topological polar surface area (TPSA) is 68.1 Å². The van der Waals surface area contributed by atoms with Gasteiger partial charge in [0, 0.05) is 31.6 Å². The van der Waals surface area contributed by atoms with E-state index in [0.717, 1.165) is 49.7 Å². The van der Waals surface area contributed by atoms with Crippen LogP contribution in [0.5, 0.6) is 0 Å². The average molecular weight is 344 g/mol. The van der Waals surface area contributed by atoms with Gasteiger partial charge in [0.25, 0.3) is 0 Å². The number of hydrogen-bond acceptors (Lipinski definition) is 7. The second-order valence-corrected chi connectivity index (χ2v) is 6.77. The van der Waals surface area contributed by atoms with Crippen LogP contribution in [0.25, 0.3) is 11.0 Å². The van der Waals surface area contributed by atoms with Crippen molar-refractivity contribution in [2.24, 2.45) is 7.05 Å². The first-order valence-electron chi connectivity index (χ1n) is 8.04. The molecule has 4 rings (SSSR count). The molecular formula is C16H20N6OS. The van der Waals surface area contributed by atoms with Crippen LogP contribution in [0.3, 0.4) is 0 Å². The molecule has 1 unspecified atom stereocenters. The van der Waals surface area contributed by atoms with E-state index >= 15 is 0 Å². The van der Waals surface area contributed by atoms with Crippen LogP contribution < -0.4 is 5.32 Å². The zero-order valence-electron chi connectivity index (χ0n) is 13.6. The van der Waals surface area contributed by atoms with E-state index in [9.17, 15) is 0 Å². The molecule has 3 aromatic rings. The van der Waals surface area contributed by atoms with E-state index in [4.69, 9.17) is 4.74 Å². The molecule has 1 aliphatic rings. The second kappa shape index (κ2) is 6.84. The Balaban J connectivity index is 1.56. The maximum Gasteiger partial charge on any atom is 0.163 e. The molecule has 1 saturated heterocycles. The van der Waals surface area contributed by atoms with E-state index in [1.807, 2.05) is 13.2 Å². The standard InChI is InChI=1S/C16H20N6OS/c1-21-16-12(9-20-21)15(18-11-19-16)17-10-13(14-3-2-8-24-14)22-4-6-23-7-5-22/h2-3,8-9,11,13H,4-7,10H2,1H3,(H,17,18,19). The van der Waals surface area contributed by atoms with Crippen molar-refractivity contribution >= 4 is 28.2 Å². The van der Waals surface area contributed by atoms with Crippen molar-refractivity contribution in [3.8, 4) is 0 Å². The zero-order chi connectivity index (χ0) is 16.4. The molecule has 0 amide bonds. The van der Waals surface area contributed by atoms with Crippen molar-refractivity contribution in [3.05, 3.63) is 34.9 Å². The Kier molecular flexibility index (Phi) is 4.42. The van der Waals surface area contributed by atoms with Gasteiger partial charge in [-0.1, -0.05) is 6.07 Å². The number of hydrogen-bond donors (Lipinski definition) is 1. The number of ether oxygens (including phenoxy) is 1. The highest BCUT2D eigenvalue weighted by Crippen LogP contribution is 2.27. The van der Waals surface area contributed by atoms with Crippen LogP contribution in [0.15, 0.2) is 30.0 Å². The van der Waals surface area contributed by atoms with Gasteiger partial charge < -0.3 is 10.1 Å². The van der Waals surface area contributed by atoms with Crippen LogP contribution in [0.2, 0.25) is 0 Å². The third kappa shape index (κ3) is 3.00. The number of morpholine rings is 1. The van der Waals surface area contributed by atoms with Gasteiger partial charge in [0.05, 0.1) is 30.8 Å². The number of anilines is 1. The molecule has 3 aromatic heterocycles. The number of thiophene rings is 1. The van der Waals surface area contributed by atoms with Crippen LogP contribution >= 0.6 is 11.3 Å². The number of aryl methyl sites for hydroxylation is 1. The van der Waals surface area contributed by atoms with Gasteiger partial charge in [-0.15, -0.1) is 11.3 Å². The smallest absolute Gasteiger partial charge is 0.163 e. The summed E-state index contributed by atoms with van der Waals surface area (Å²) in [5, 5.41) is 10.9. The van der Waals surface area contributed by atoms with E-state index in [1.54, 1.807) is 22.3 Å². The highest BCUT2D eigenvalue weighted by Gasteiger charge is 2.23. The summed E-state index contributed by atoms with van der Waals surface area (Å²) in [5.41, 5.74) is 0.839. The van der Waals surface area contributed by atoms with Gasteiger partial charge in [-0.3, -0.25) is 9.58 Å². The minimum absolute atomic E-state index is 0.315. The Morgan fingerprint density at radius 1 is 1.33 bits per heavy atom. The fourth-order valence-corrected chi connectivity index (χ4v) is 3.94. The van der Waals surface area contributed by atoms with Gasteiger partial charge in [0.2, 0.25) is 0 Å². The lowest BCUT2D eigenvalue weighted by atomic mass is 10.2. The van der Waals surface area contributed by atoms with Crippen molar-refractivity contribution in [2.45, 2.75) is 6.04 Å². The van der Waals surface area contributed by atoms with E-state index in [0.29, 0.717) is 6.04 Å². The van der Waals surface area contributed by atoms with Crippen molar-refractivity contribution in [3.63, 3.8) is 0 Å². The maximum atomic E-state index is 5.50. The molecule has 0 radical (unpaired) electrons. The number of nitrogens with zero attached hydrogens (tertiary/aromatic N) is 5. The number of nitrogens with one attached hydrogen (secondary N) is 1. The molecule has 1 N–H and O–H groups in total. The number of fused-ring (bicyclic) bond motifs is 1. The van der Waals surface area contributed by atoms with Crippen LogP contribution in [0, 0.1) is 0 Å². The van der Waals surface area contributed by atoms with E-state index in [1.165, 1.54) is 4.88 Å². The lowest BCUT2D eigenvalue weighted by Crippen LogP contribution is -2.41. The number of rotatable bonds is 5. The average Bonchev–Trinajstić information content (AvgIpc) is 3.27. The Morgan fingerprint density at radius 2 is 2.21 bits per heavy atom. The quantitative estimate of drug-likeness (QED) is 0.763. The monoisotopic (exact) mass is 344 g/mol. The number of aromatic nitrogens is 4. The Labute approximate surface area is 144 Å². The summed E-state index contributed by atoms with van der Waals surface area (Å²) in [5.74, 6) is 0.836. The van der Waals surface area contributed by atoms with Gasteiger partial charge in [-0.05, 0) is 11.4 Å². The fraction of sp³-hybridized carbons (Fsp3) is 0.438. The van der Waals surface area contributed by atoms with Crippen LogP contribution in [0.1, 0.15) is 10.9 Å². The molecule has 126 valence electrons. The predicted molar refractivity (Wildman–Crippen MR) is 94.2 cm³/mol. The van der Waals surface area contributed by atoms with Crippen molar-refractivity contribution in [1.82, 2.24) is 24.6 Å². The first-order chi connectivity index (χ1) is 11.8. The SMILES string of the molecule is Cn1ncc2c(NCC(c3cccs3)N3CCOCC3)ncnc21. The summed E-state index contributed by atoms with van der Waals surface area (Å²) in [7, 11) is 1.89. The molecule has 24 heavy (non-hydrogen) atoms. The zero-order valence-corrected chi connectivity index (χ0v) is 14.4. The van der Waals surface area contributed by atoms with Gasteiger partial charge in [-0.25, -0.2) is 9.97 Å². The molecule has 4 heterocycles. The van der Waals surface area contributed by atoms with Crippen LogP contribution in [0.4, 0.5) is 5.82 Å². The van der Waals surface area contributed by atoms with E-state index in [2.05, 4.69) is 42.8 Å². The minimum Gasteiger partial charge on any atom is -0.379 e. The van der Waals surface area contributed by atoms with E-state index in [-0.39, 0.29) is 0 Å². The van der Waals surface area contributed by atoms with Gasteiger partial charge in [0.15, 0.2) is 5.65 Å². The normalized spacial score (nSPS) is 17.2. The molecule has 1 fully saturated rings. The molecule has 0 aliphatic carbocycles. The van der Waals surface area contributed by atoms with Gasteiger partial charge in [0.1, 0.15) is 12.1 Å². The van der Waals surface area contributed by atoms with Crippen LogP contribution in [-0.4, -0.2) is 57.5 Å². The lowest BCUT2D eigenvalue weighted by molar-refractivity contribution is 0.0194. The molecular weight excluding hydrogens is 324 g/mol. The Bertz CT molecular complexity index is 796. The summed E-state index contributed by atoms with van der Waals surface area (Å²) >= 11 is 1.80. The highest BCUT2D eigenvalue weighted by molar-refractivity contribution is 7.10. The molecule has 8 heteroatoms. The summed E-state index contributed by atoms with van der Waals surface area (Å²) in [6.07, 6.45) is 3.40. The van der Waals surface area contributed by atoms with E-state index < -0.39 is 0 Å². The second-order valence-electron chi connectivity index (χ2n) is 5.79. The molecule has 1 atom stereocenters. The lowest BCUT2D eigenvalue weighted by Gasteiger charge is -2.34. The fourth-order valence-electron chi connectivity index (χ4n) is 3.08. The Morgan fingerprint density at radius 3 is 3.00 bits per heavy atom. The predicted octanol–water partition coefficient (Wildman–Crippen LogP) is 1.91. The van der Waals surface area contributed by atoms with Gasteiger partial charge >= 0.3 is 0 Å². The van der Waals surface area contributed by atoms with Crippen molar-refractivity contribution in [2.75, 3.05) is 38.2 Å². The van der Waals surface area contributed by atoms with Crippen molar-refractivity contribution < 1.29 is 4.74 Å². The molecule has 0 spiro atoms. The molecule has 0 aromatic carbocycles. The molecule has 0 saturated carbocycles. The molecule has 0 bridgehead atoms. The largest absolute Gasteiger partial charge is 0.379 e. The Hall–Kier alpha value is -2.03. The van der Waals surface area contributed by atoms with Gasteiger partial charge in [-0.2, -0.15) is 5.10 Å². The molecule has 7 nitrogen and oxygen atoms in total. The minimum atomic E-state index is 0.315.